The number of hydrogen-bond donors (Lipinski definition) is 1. The van der Waals surface area contributed by atoms with Crippen LogP contribution in [0.4, 0.5) is 0 Å². The van der Waals surface area contributed by atoms with Crippen molar-refractivity contribution in [3.8, 4) is 0 Å². The molecule has 2 heterocycles. The van der Waals surface area contributed by atoms with Gasteiger partial charge in [-0.05, 0) is 19.8 Å². The Hall–Kier alpha value is -0.210. The van der Waals surface area contributed by atoms with Crippen molar-refractivity contribution in [2.24, 2.45) is 0 Å². The molecule has 17 heavy (non-hydrogen) atoms. The van der Waals surface area contributed by atoms with Gasteiger partial charge in [0, 0.05) is 13.1 Å². The van der Waals surface area contributed by atoms with Crippen molar-refractivity contribution in [1.29, 1.82) is 0 Å². The van der Waals surface area contributed by atoms with E-state index in [4.69, 9.17) is 11.6 Å². The molecule has 96 valence electrons. The number of nitrogens with zero attached hydrogens (tertiary/aromatic N) is 2. The van der Waals surface area contributed by atoms with Gasteiger partial charge >= 0.3 is 0 Å². The molecule has 1 aromatic rings. The molecule has 1 fully saturated rings. The van der Waals surface area contributed by atoms with Crippen LogP contribution < -0.4 is 0 Å². The number of piperidine rings is 1. The van der Waals surface area contributed by atoms with Gasteiger partial charge < -0.3 is 5.11 Å². The third kappa shape index (κ3) is 2.79. The number of halogens is 1. The molecule has 1 aliphatic heterocycles. The first kappa shape index (κ1) is 13.2. The van der Waals surface area contributed by atoms with E-state index in [1.165, 1.54) is 10.5 Å². The SMILES string of the molecule is CC1(O)CCN(S(=O)(=O)c2cnc(Cl)s2)CC1. The Morgan fingerprint density at radius 2 is 2.12 bits per heavy atom. The van der Waals surface area contributed by atoms with Crippen LogP contribution >= 0.6 is 22.9 Å². The number of aliphatic hydroxyl groups is 1. The monoisotopic (exact) mass is 296 g/mol. The first-order valence-corrected chi connectivity index (χ1v) is 7.79. The molecule has 2 rings (SSSR count). The normalized spacial score (nSPS) is 21.6. The summed E-state index contributed by atoms with van der Waals surface area (Å²) in [5.74, 6) is 0. The van der Waals surface area contributed by atoms with Gasteiger partial charge in [-0.3, -0.25) is 0 Å². The minimum absolute atomic E-state index is 0.157. The van der Waals surface area contributed by atoms with Crippen LogP contribution in [0.5, 0.6) is 0 Å². The van der Waals surface area contributed by atoms with E-state index in [0.29, 0.717) is 25.9 Å². The molecular weight excluding hydrogens is 284 g/mol. The third-order valence-electron chi connectivity index (χ3n) is 2.85. The highest BCUT2D eigenvalue weighted by Crippen LogP contribution is 2.29. The van der Waals surface area contributed by atoms with E-state index in [-0.39, 0.29) is 8.68 Å². The van der Waals surface area contributed by atoms with E-state index in [9.17, 15) is 13.5 Å². The highest BCUT2D eigenvalue weighted by Gasteiger charge is 2.34. The lowest BCUT2D eigenvalue weighted by atomic mass is 9.95. The molecule has 5 nitrogen and oxygen atoms in total. The molecule has 1 N–H and O–H groups in total. The van der Waals surface area contributed by atoms with Crippen LogP contribution in [0.15, 0.2) is 10.4 Å². The first-order chi connectivity index (χ1) is 7.81. The second-order valence-electron chi connectivity index (χ2n) is 4.33. The Bertz CT molecular complexity index is 502. The van der Waals surface area contributed by atoms with Crippen molar-refractivity contribution in [3.63, 3.8) is 0 Å². The van der Waals surface area contributed by atoms with E-state index in [0.717, 1.165) is 11.3 Å². The fourth-order valence-corrected chi connectivity index (χ4v) is 4.58. The molecule has 0 saturated carbocycles. The number of sulfonamides is 1. The van der Waals surface area contributed by atoms with Gasteiger partial charge in [-0.1, -0.05) is 22.9 Å². The Morgan fingerprint density at radius 1 is 1.53 bits per heavy atom. The van der Waals surface area contributed by atoms with Gasteiger partial charge in [0.25, 0.3) is 10.0 Å². The van der Waals surface area contributed by atoms with E-state index < -0.39 is 15.6 Å². The van der Waals surface area contributed by atoms with Crippen molar-refractivity contribution in [2.45, 2.75) is 29.6 Å². The largest absolute Gasteiger partial charge is 0.390 e. The molecule has 0 aliphatic carbocycles. The molecule has 0 amide bonds. The van der Waals surface area contributed by atoms with Crippen LogP contribution in [0.25, 0.3) is 0 Å². The van der Waals surface area contributed by atoms with E-state index in [1.54, 1.807) is 6.92 Å². The maximum absolute atomic E-state index is 12.2. The zero-order valence-corrected chi connectivity index (χ0v) is 11.6. The van der Waals surface area contributed by atoms with Crippen molar-refractivity contribution in [1.82, 2.24) is 9.29 Å². The first-order valence-electron chi connectivity index (χ1n) is 5.15. The summed E-state index contributed by atoms with van der Waals surface area (Å²) in [7, 11) is -3.50. The lowest BCUT2D eigenvalue weighted by molar-refractivity contribution is 0.0126. The number of aromatic nitrogens is 1. The van der Waals surface area contributed by atoms with Crippen molar-refractivity contribution in [2.75, 3.05) is 13.1 Å². The highest BCUT2D eigenvalue weighted by molar-refractivity contribution is 7.91. The molecule has 0 atom stereocenters. The Kier molecular flexibility index (Phi) is 3.48. The number of hydrogen-bond acceptors (Lipinski definition) is 5. The standard InChI is InChI=1S/C9H13ClN2O3S2/c1-9(13)2-4-12(5-3-9)17(14,15)7-6-11-8(10)16-7/h6,13H,2-5H2,1H3. The molecule has 0 aromatic carbocycles. The molecular formula is C9H13ClN2O3S2. The summed E-state index contributed by atoms with van der Waals surface area (Å²) in [6, 6.07) is 0. The minimum Gasteiger partial charge on any atom is -0.390 e. The van der Waals surface area contributed by atoms with Gasteiger partial charge in [-0.2, -0.15) is 4.31 Å². The maximum atomic E-state index is 12.2. The minimum atomic E-state index is -3.50. The van der Waals surface area contributed by atoms with Crippen LogP contribution in [-0.4, -0.2) is 41.5 Å². The predicted molar refractivity (Wildman–Crippen MR) is 65.7 cm³/mol. The quantitative estimate of drug-likeness (QED) is 0.894. The van der Waals surface area contributed by atoms with Crippen LogP contribution in [0.3, 0.4) is 0 Å². The number of rotatable bonds is 2. The fourth-order valence-electron chi connectivity index (χ4n) is 1.69. The van der Waals surface area contributed by atoms with Crippen molar-refractivity contribution in [3.05, 3.63) is 10.7 Å². The van der Waals surface area contributed by atoms with Gasteiger partial charge in [0.05, 0.1) is 11.8 Å². The fraction of sp³-hybridized carbons (Fsp3) is 0.667. The molecule has 8 heteroatoms. The Labute approximate surface area is 109 Å². The average Bonchev–Trinajstić information content (AvgIpc) is 2.65. The highest BCUT2D eigenvalue weighted by atomic mass is 35.5. The molecule has 1 aliphatic rings. The van der Waals surface area contributed by atoms with Gasteiger partial charge in [0.1, 0.15) is 0 Å². The maximum Gasteiger partial charge on any atom is 0.254 e. The Balaban J connectivity index is 2.18. The van der Waals surface area contributed by atoms with Crippen LogP contribution in [0.1, 0.15) is 19.8 Å². The van der Waals surface area contributed by atoms with Gasteiger partial charge in [-0.15, -0.1) is 0 Å². The van der Waals surface area contributed by atoms with E-state index in [2.05, 4.69) is 4.98 Å². The lowest BCUT2D eigenvalue weighted by Crippen LogP contribution is -2.44. The lowest BCUT2D eigenvalue weighted by Gasteiger charge is -2.34. The average molecular weight is 297 g/mol. The molecule has 1 aromatic heterocycles. The summed E-state index contributed by atoms with van der Waals surface area (Å²) in [5, 5.41) is 9.78. The number of thiazole rings is 1. The summed E-state index contributed by atoms with van der Waals surface area (Å²) in [5.41, 5.74) is -0.767. The second kappa shape index (κ2) is 4.47. The van der Waals surface area contributed by atoms with Crippen molar-refractivity contribution < 1.29 is 13.5 Å². The third-order valence-corrected chi connectivity index (χ3v) is 6.30. The van der Waals surface area contributed by atoms with Crippen LogP contribution in [-0.2, 0) is 10.0 Å². The summed E-state index contributed by atoms with van der Waals surface area (Å²) in [6.07, 6.45) is 2.16. The second-order valence-corrected chi connectivity index (χ2v) is 8.11. The van der Waals surface area contributed by atoms with E-state index in [1.807, 2.05) is 0 Å². The molecule has 0 unspecified atom stereocenters. The van der Waals surface area contributed by atoms with Gasteiger partial charge in [0.15, 0.2) is 8.68 Å². The molecule has 0 spiro atoms. The van der Waals surface area contributed by atoms with Gasteiger partial charge in [-0.25, -0.2) is 13.4 Å². The van der Waals surface area contributed by atoms with Crippen molar-refractivity contribution >= 4 is 33.0 Å². The Morgan fingerprint density at radius 3 is 2.59 bits per heavy atom. The van der Waals surface area contributed by atoms with Crippen LogP contribution in [0.2, 0.25) is 4.47 Å². The summed E-state index contributed by atoms with van der Waals surface area (Å²) >= 11 is 6.59. The zero-order chi connectivity index (χ0) is 12.7. The molecule has 0 radical (unpaired) electrons. The summed E-state index contributed by atoms with van der Waals surface area (Å²) < 4.78 is 26.1. The summed E-state index contributed by atoms with van der Waals surface area (Å²) in [4.78, 5) is 3.74. The summed E-state index contributed by atoms with van der Waals surface area (Å²) in [6.45, 7) is 2.37. The zero-order valence-electron chi connectivity index (χ0n) is 9.26. The smallest absolute Gasteiger partial charge is 0.254 e. The van der Waals surface area contributed by atoms with E-state index >= 15 is 0 Å². The van der Waals surface area contributed by atoms with Gasteiger partial charge in [0.2, 0.25) is 0 Å². The predicted octanol–water partition coefficient (Wildman–Crippen LogP) is 1.33. The topological polar surface area (TPSA) is 70.5 Å². The molecule has 0 bridgehead atoms. The van der Waals surface area contributed by atoms with Crippen LogP contribution in [0, 0.1) is 0 Å². The molecule has 1 saturated heterocycles.